The third kappa shape index (κ3) is 2.72. The normalized spacial score (nSPS) is 10.1. The molecule has 6 heteroatoms. The number of rotatable bonds is 3. The van der Waals surface area contributed by atoms with Gasteiger partial charge in [0.2, 0.25) is 0 Å². The zero-order chi connectivity index (χ0) is 13.1. The summed E-state index contributed by atoms with van der Waals surface area (Å²) < 4.78 is 0. The number of hydrogen-bond donors (Lipinski definition) is 2. The molecule has 1 heterocycles. The highest BCUT2D eigenvalue weighted by Gasteiger charge is 2.09. The molecule has 2 aromatic rings. The standard InChI is InChI=1S/C12H10N2O3S/c1-7-6-13-12(18-7)14-10(15)8-2-4-9(5-3-8)11(16)17/h2-6H,1H3,(H,16,17)(H,13,14,15). The van der Waals surface area contributed by atoms with Crippen molar-refractivity contribution >= 4 is 28.3 Å². The van der Waals surface area contributed by atoms with Crippen molar-refractivity contribution in [3.63, 3.8) is 0 Å². The van der Waals surface area contributed by atoms with E-state index in [1.165, 1.54) is 35.6 Å². The first-order chi connectivity index (χ1) is 8.56. The topological polar surface area (TPSA) is 79.3 Å². The summed E-state index contributed by atoms with van der Waals surface area (Å²) in [5, 5.41) is 11.9. The molecule has 0 atom stereocenters. The third-order valence-corrected chi connectivity index (χ3v) is 3.06. The van der Waals surface area contributed by atoms with E-state index in [0.717, 1.165) is 4.88 Å². The first kappa shape index (κ1) is 12.3. The Hall–Kier alpha value is -2.21. The number of carboxylic acids is 1. The van der Waals surface area contributed by atoms with Crippen LogP contribution in [0.5, 0.6) is 0 Å². The highest BCUT2D eigenvalue weighted by atomic mass is 32.1. The highest BCUT2D eigenvalue weighted by molar-refractivity contribution is 7.15. The van der Waals surface area contributed by atoms with Gasteiger partial charge in [-0.25, -0.2) is 9.78 Å². The number of nitrogens with one attached hydrogen (secondary N) is 1. The summed E-state index contributed by atoms with van der Waals surface area (Å²) in [6, 6.07) is 5.73. The monoisotopic (exact) mass is 262 g/mol. The van der Waals surface area contributed by atoms with Gasteiger partial charge in [-0.05, 0) is 31.2 Å². The van der Waals surface area contributed by atoms with E-state index in [-0.39, 0.29) is 11.5 Å². The smallest absolute Gasteiger partial charge is 0.335 e. The van der Waals surface area contributed by atoms with Crippen molar-refractivity contribution in [2.75, 3.05) is 5.32 Å². The lowest BCUT2D eigenvalue weighted by Gasteiger charge is -2.01. The average molecular weight is 262 g/mol. The molecule has 0 bridgehead atoms. The number of aromatic nitrogens is 1. The maximum absolute atomic E-state index is 11.8. The van der Waals surface area contributed by atoms with Crippen LogP contribution in [0.3, 0.4) is 0 Å². The van der Waals surface area contributed by atoms with Crippen LogP contribution in [0.4, 0.5) is 5.13 Å². The molecule has 2 rings (SSSR count). The van der Waals surface area contributed by atoms with Crippen molar-refractivity contribution in [2.45, 2.75) is 6.92 Å². The molecule has 0 saturated heterocycles. The van der Waals surface area contributed by atoms with Gasteiger partial charge in [0.25, 0.3) is 5.91 Å². The van der Waals surface area contributed by atoms with Crippen LogP contribution in [0.15, 0.2) is 30.5 Å². The SMILES string of the molecule is Cc1cnc(NC(=O)c2ccc(C(=O)O)cc2)s1. The molecule has 18 heavy (non-hydrogen) atoms. The fourth-order valence-corrected chi connectivity index (χ4v) is 2.01. The fraction of sp³-hybridized carbons (Fsp3) is 0.0833. The Morgan fingerprint density at radius 3 is 2.33 bits per heavy atom. The predicted molar refractivity (Wildman–Crippen MR) is 68.2 cm³/mol. The zero-order valence-corrected chi connectivity index (χ0v) is 10.3. The lowest BCUT2D eigenvalue weighted by atomic mass is 10.1. The molecule has 1 aromatic heterocycles. The molecule has 5 nitrogen and oxygen atoms in total. The second kappa shape index (κ2) is 4.97. The second-order valence-electron chi connectivity index (χ2n) is 3.61. The minimum absolute atomic E-state index is 0.150. The molecule has 1 amide bonds. The van der Waals surface area contributed by atoms with E-state index < -0.39 is 5.97 Å². The van der Waals surface area contributed by atoms with Crippen LogP contribution >= 0.6 is 11.3 Å². The number of thiazole rings is 1. The van der Waals surface area contributed by atoms with Crippen LogP contribution in [0.1, 0.15) is 25.6 Å². The van der Waals surface area contributed by atoms with E-state index >= 15 is 0 Å². The van der Waals surface area contributed by atoms with E-state index in [2.05, 4.69) is 10.3 Å². The van der Waals surface area contributed by atoms with E-state index in [9.17, 15) is 9.59 Å². The second-order valence-corrected chi connectivity index (χ2v) is 4.85. The highest BCUT2D eigenvalue weighted by Crippen LogP contribution is 2.17. The number of aromatic carboxylic acids is 1. The van der Waals surface area contributed by atoms with Gasteiger partial charge >= 0.3 is 5.97 Å². The Labute approximate surface area is 107 Å². The third-order valence-electron chi connectivity index (χ3n) is 2.24. The molecule has 1 aromatic carbocycles. The Morgan fingerprint density at radius 2 is 1.83 bits per heavy atom. The van der Waals surface area contributed by atoms with Crippen LogP contribution in [-0.4, -0.2) is 22.0 Å². The predicted octanol–water partition coefficient (Wildman–Crippen LogP) is 2.40. The van der Waals surface area contributed by atoms with Crippen molar-refractivity contribution in [3.05, 3.63) is 46.5 Å². The van der Waals surface area contributed by atoms with Gasteiger partial charge < -0.3 is 5.11 Å². The van der Waals surface area contributed by atoms with Gasteiger partial charge in [-0.2, -0.15) is 0 Å². The molecule has 92 valence electrons. The van der Waals surface area contributed by atoms with Crippen molar-refractivity contribution in [1.29, 1.82) is 0 Å². The van der Waals surface area contributed by atoms with Gasteiger partial charge in [-0.3, -0.25) is 10.1 Å². The quantitative estimate of drug-likeness (QED) is 0.890. The summed E-state index contributed by atoms with van der Waals surface area (Å²) in [6.07, 6.45) is 1.67. The Kier molecular flexibility index (Phi) is 3.38. The van der Waals surface area contributed by atoms with Crippen LogP contribution < -0.4 is 5.32 Å². The maximum atomic E-state index is 11.8. The summed E-state index contributed by atoms with van der Waals surface area (Å²) >= 11 is 1.38. The minimum Gasteiger partial charge on any atom is -0.478 e. The molecule has 0 aliphatic heterocycles. The molecule has 0 radical (unpaired) electrons. The van der Waals surface area contributed by atoms with Gasteiger partial charge in [-0.15, -0.1) is 11.3 Å². The van der Waals surface area contributed by atoms with Crippen LogP contribution in [0, 0.1) is 6.92 Å². The summed E-state index contributed by atoms with van der Waals surface area (Å²) in [7, 11) is 0. The van der Waals surface area contributed by atoms with Gasteiger partial charge in [-0.1, -0.05) is 0 Å². The summed E-state index contributed by atoms with van der Waals surface area (Å²) in [6.45, 7) is 1.90. The number of amides is 1. The fourth-order valence-electron chi connectivity index (χ4n) is 1.35. The zero-order valence-electron chi connectivity index (χ0n) is 9.51. The summed E-state index contributed by atoms with van der Waals surface area (Å²) in [5.41, 5.74) is 0.546. The van der Waals surface area contributed by atoms with Gasteiger partial charge in [0, 0.05) is 16.6 Å². The van der Waals surface area contributed by atoms with Crippen molar-refractivity contribution < 1.29 is 14.7 Å². The van der Waals surface area contributed by atoms with E-state index in [1.54, 1.807) is 6.20 Å². The number of benzene rings is 1. The molecule has 0 spiro atoms. The number of nitrogens with zero attached hydrogens (tertiary/aromatic N) is 1. The summed E-state index contributed by atoms with van der Waals surface area (Å²) in [4.78, 5) is 27.5. The first-order valence-electron chi connectivity index (χ1n) is 5.13. The van der Waals surface area contributed by atoms with Crippen molar-refractivity contribution in [1.82, 2.24) is 4.98 Å². The van der Waals surface area contributed by atoms with Crippen LogP contribution in [0.25, 0.3) is 0 Å². The number of carbonyl (C=O) groups is 2. The molecule has 2 N–H and O–H groups in total. The first-order valence-corrected chi connectivity index (χ1v) is 5.95. The largest absolute Gasteiger partial charge is 0.478 e. The van der Waals surface area contributed by atoms with Crippen molar-refractivity contribution in [2.24, 2.45) is 0 Å². The van der Waals surface area contributed by atoms with Gasteiger partial charge in [0.1, 0.15) is 0 Å². The molecular formula is C12H10N2O3S. The van der Waals surface area contributed by atoms with E-state index in [1.807, 2.05) is 6.92 Å². The Morgan fingerprint density at radius 1 is 1.22 bits per heavy atom. The minimum atomic E-state index is -1.02. The van der Waals surface area contributed by atoms with Crippen molar-refractivity contribution in [3.8, 4) is 0 Å². The molecule has 0 aliphatic carbocycles. The Balaban J connectivity index is 2.11. The number of aryl methyl sites for hydroxylation is 1. The average Bonchev–Trinajstić information content (AvgIpc) is 2.75. The number of hydrogen-bond acceptors (Lipinski definition) is 4. The van der Waals surface area contributed by atoms with Gasteiger partial charge in [0.15, 0.2) is 5.13 Å². The molecule has 0 unspecified atom stereocenters. The summed E-state index contributed by atoms with van der Waals surface area (Å²) in [5.74, 6) is -1.32. The number of anilines is 1. The lowest BCUT2D eigenvalue weighted by molar-refractivity contribution is 0.0696. The van der Waals surface area contributed by atoms with E-state index in [0.29, 0.717) is 10.7 Å². The lowest BCUT2D eigenvalue weighted by Crippen LogP contribution is -2.11. The molecule has 0 fully saturated rings. The van der Waals surface area contributed by atoms with Gasteiger partial charge in [0.05, 0.1) is 5.56 Å². The number of carboxylic acid groups (broad SMARTS) is 1. The molecular weight excluding hydrogens is 252 g/mol. The van der Waals surface area contributed by atoms with E-state index in [4.69, 9.17) is 5.11 Å². The Bertz CT molecular complexity index is 590. The molecule has 0 aliphatic rings. The van der Waals surface area contributed by atoms with Crippen LogP contribution in [-0.2, 0) is 0 Å². The maximum Gasteiger partial charge on any atom is 0.335 e. The van der Waals surface area contributed by atoms with Crippen LogP contribution in [0.2, 0.25) is 0 Å². The molecule has 0 saturated carbocycles. The number of carbonyl (C=O) groups excluding carboxylic acids is 1.